The fourth-order valence-corrected chi connectivity index (χ4v) is 2.26. The molecule has 0 aliphatic rings. The first-order chi connectivity index (χ1) is 8.25. The molecule has 0 heterocycles. The maximum Gasteiger partial charge on any atom is 0.254 e. The molecule has 0 fully saturated rings. The van der Waals surface area contributed by atoms with E-state index in [9.17, 15) is 17.6 Å². The quantitative estimate of drug-likeness (QED) is 0.473. The molecule has 1 rings (SSSR count). The van der Waals surface area contributed by atoms with Gasteiger partial charge in [0.25, 0.3) is 5.91 Å². The summed E-state index contributed by atoms with van der Waals surface area (Å²) in [5, 5.41) is 0.118. The highest BCUT2D eigenvalue weighted by Gasteiger charge is 2.23. The Morgan fingerprint density at radius 2 is 2.17 bits per heavy atom. The third kappa shape index (κ3) is 3.56. The van der Waals surface area contributed by atoms with Crippen LogP contribution in [0.4, 0.5) is 10.1 Å². The van der Waals surface area contributed by atoms with E-state index in [1.807, 2.05) is 0 Å². The van der Waals surface area contributed by atoms with Crippen molar-refractivity contribution >= 4 is 33.2 Å². The van der Waals surface area contributed by atoms with Crippen molar-refractivity contribution < 1.29 is 17.6 Å². The van der Waals surface area contributed by atoms with Crippen LogP contribution in [0.1, 0.15) is 0 Å². The lowest BCUT2D eigenvalue weighted by atomic mass is 10.3. The van der Waals surface area contributed by atoms with Crippen molar-refractivity contribution in [2.45, 2.75) is 0 Å². The summed E-state index contributed by atoms with van der Waals surface area (Å²) in [4.78, 5) is 11.1. The standard InChI is InChI=1S/C9H11ClFN3O3S/c1-18(16,17)14(5-9(15)13-12)8-3-2-6(10)4-7(8)11/h2-4H,5,12H2,1H3,(H,13,15). The van der Waals surface area contributed by atoms with Crippen LogP contribution < -0.4 is 15.6 Å². The number of anilines is 1. The molecule has 100 valence electrons. The molecule has 0 spiro atoms. The molecule has 0 aliphatic heterocycles. The molecule has 0 unspecified atom stereocenters. The SMILES string of the molecule is CS(=O)(=O)N(CC(=O)NN)c1ccc(Cl)cc1F. The number of hydrogen-bond donors (Lipinski definition) is 2. The number of halogens is 2. The Kier molecular flexibility index (Phi) is 4.49. The molecule has 0 saturated carbocycles. The molecular weight excluding hydrogens is 285 g/mol. The number of hydrazine groups is 1. The molecule has 9 heteroatoms. The van der Waals surface area contributed by atoms with E-state index in [2.05, 4.69) is 0 Å². The summed E-state index contributed by atoms with van der Waals surface area (Å²) < 4.78 is 37.3. The lowest BCUT2D eigenvalue weighted by molar-refractivity contribution is -0.119. The van der Waals surface area contributed by atoms with Crippen LogP contribution in [0, 0.1) is 5.82 Å². The van der Waals surface area contributed by atoms with Gasteiger partial charge in [0.1, 0.15) is 12.4 Å². The lowest BCUT2D eigenvalue weighted by Gasteiger charge is -2.21. The zero-order valence-corrected chi connectivity index (χ0v) is 10.9. The molecule has 6 nitrogen and oxygen atoms in total. The van der Waals surface area contributed by atoms with Gasteiger partial charge in [-0.25, -0.2) is 18.7 Å². The molecule has 18 heavy (non-hydrogen) atoms. The molecule has 1 aromatic carbocycles. The van der Waals surface area contributed by atoms with Crippen LogP contribution in [0.3, 0.4) is 0 Å². The Morgan fingerprint density at radius 3 is 2.61 bits per heavy atom. The van der Waals surface area contributed by atoms with Gasteiger partial charge in [0, 0.05) is 5.02 Å². The number of nitrogens with zero attached hydrogens (tertiary/aromatic N) is 1. The van der Waals surface area contributed by atoms with E-state index in [1.54, 1.807) is 5.43 Å². The average molecular weight is 296 g/mol. The first-order valence-electron chi connectivity index (χ1n) is 4.68. The van der Waals surface area contributed by atoms with E-state index in [0.717, 1.165) is 12.3 Å². The van der Waals surface area contributed by atoms with Gasteiger partial charge >= 0.3 is 0 Å². The highest BCUT2D eigenvalue weighted by atomic mass is 35.5. The average Bonchev–Trinajstić information content (AvgIpc) is 2.25. The van der Waals surface area contributed by atoms with Crippen LogP contribution >= 0.6 is 11.6 Å². The smallest absolute Gasteiger partial charge is 0.254 e. The number of carbonyl (C=O) groups excluding carboxylic acids is 1. The molecule has 0 radical (unpaired) electrons. The predicted molar refractivity (Wildman–Crippen MR) is 65.9 cm³/mol. The van der Waals surface area contributed by atoms with Crippen LogP contribution in [0.25, 0.3) is 0 Å². The lowest BCUT2D eigenvalue weighted by Crippen LogP contribution is -2.43. The number of benzene rings is 1. The van der Waals surface area contributed by atoms with E-state index in [-0.39, 0.29) is 10.7 Å². The molecule has 0 bridgehead atoms. The first-order valence-corrected chi connectivity index (χ1v) is 6.90. The van der Waals surface area contributed by atoms with Crippen molar-refractivity contribution in [2.75, 3.05) is 17.1 Å². The zero-order chi connectivity index (χ0) is 13.9. The summed E-state index contributed by atoms with van der Waals surface area (Å²) in [6.07, 6.45) is 0.852. The van der Waals surface area contributed by atoms with Crippen molar-refractivity contribution in [3.05, 3.63) is 29.0 Å². The number of rotatable bonds is 4. The van der Waals surface area contributed by atoms with Gasteiger partial charge in [-0.1, -0.05) is 11.6 Å². The molecule has 0 atom stereocenters. The Balaban J connectivity index is 3.22. The molecule has 1 aromatic rings. The Hall–Kier alpha value is -1.38. The van der Waals surface area contributed by atoms with Crippen molar-refractivity contribution in [2.24, 2.45) is 5.84 Å². The van der Waals surface area contributed by atoms with Gasteiger partial charge in [-0.05, 0) is 18.2 Å². The van der Waals surface area contributed by atoms with Gasteiger partial charge < -0.3 is 0 Å². The highest BCUT2D eigenvalue weighted by molar-refractivity contribution is 7.92. The summed E-state index contributed by atoms with van der Waals surface area (Å²) >= 11 is 5.56. The second-order valence-electron chi connectivity index (χ2n) is 3.43. The monoisotopic (exact) mass is 295 g/mol. The number of amides is 1. The molecule has 0 aliphatic carbocycles. The summed E-state index contributed by atoms with van der Waals surface area (Å²) in [6, 6.07) is 3.44. The second-order valence-corrected chi connectivity index (χ2v) is 5.78. The van der Waals surface area contributed by atoms with E-state index in [4.69, 9.17) is 17.4 Å². The minimum absolute atomic E-state index is 0.118. The van der Waals surface area contributed by atoms with Crippen molar-refractivity contribution in [1.82, 2.24) is 5.43 Å². The number of carbonyl (C=O) groups is 1. The maximum atomic E-state index is 13.6. The van der Waals surface area contributed by atoms with Crippen molar-refractivity contribution in [3.63, 3.8) is 0 Å². The second kappa shape index (κ2) is 5.51. The Bertz CT molecular complexity index is 564. The van der Waals surface area contributed by atoms with E-state index in [1.165, 1.54) is 12.1 Å². The van der Waals surface area contributed by atoms with E-state index in [0.29, 0.717) is 4.31 Å². The Labute approximate surface area is 109 Å². The normalized spacial score (nSPS) is 11.1. The van der Waals surface area contributed by atoms with Gasteiger partial charge in [-0.2, -0.15) is 0 Å². The molecule has 1 amide bonds. The molecule has 0 saturated heterocycles. The van der Waals surface area contributed by atoms with Gasteiger partial charge in [0.2, 0.25) is 10.0 Å². The van der Waals surface area contributed by atoms with Gasteiger partial charge in [0.05, 0.1) is 11.9 Å². The van der Waals surface area contributed by atoms with Crippen LogP contribution in [-0.2, 0) is 14.8 Å². The number of hydrogen-bond acceptors (Lipinski definition) is 4. The number of nitrogens with two attached hydrogens (primary N) is 1. The fraction of sp³-hybridized carbons (Fsp3) is 0.222. The van der Waals surface area contributed by atoms with Gasteiger partial charge in [-0.15, -0.1) is 0 Å². The van der Waals surface area contributed by atoms with E-state index >= 15 is 0 Å². The molecule has 3 N–H and O–H groups in total. The summed E-state index contributed by atoms with van der Waals surface area (Å²) in [6.45, 7) is -0.617. The first kappa shape index (κ1) is 14.7. The molecular formula is C9H11ClFN3O3S. The van der Waals surface area contributed by atoms with Crippen molar-refractivity contribution in [3.8, 4) is 0 Å². The largest absolute Gasteiger partial charge is 0.293 e. The maximum absolute atomic E-state index is 13.6. The predicted octanol–water partition coefficient (Wildman–Crippen LogP) is 0.235. The number of nitrogens with one attached hydrogen (secondary N) is 1. The molecule has 0 aromatic heterocycles. The Morgan fingerprint density at radius 1 is 1.56 bits per heavy atom. The minimum atomic E-state index is -3.82. The third-order valence-electron chi connectivity index (χ3n) is 2.03. The highest BCUT2D eigenvalue weighted by Crippen LogP contribution is 2.24. The van der Waals surface area contributed by atoms with E-state index < -0.39 is 28.3 Å². The zero-order valence-electron chi connectivity index (χ0n) is 9.35. The summed E-state index contributed by atoms with van der Waals surface area (Å²) in [5.41, 5.74) is 1.50. The topological polar surface area (TPSA) is 92.5 Å². The summed E-state index contributed by atoms with van der Waals surface area (Å²) in [7, 11) is -3.82. The fourth-order valence-electron chi connectivity index (χ4n) is 1.24. The van der Waals surface area contributed by atoms with Crippen LogP contribution in [-0.4, -0.2) is 27.1 Å². The van der Waals surface area contributed by atoms with Crippen LogP contribution in [0.15, 0.2) is 18.2 Å². The third-order valence-corrected chi connectivity index (χ3v) is 3.39. The van der Waals surface area contributed by atoms with Crippen LogP contribution in [0.5, 0.6) is 0 Å². The minimum Gasteiger partial charge on any atom is -0.293 e. The van der Waals surface area contributed by atoms with Gasteiger partial charge in [0.15, 0.2) is 0 Å². The van der Waals surface area contributed by atoms with Crippen molar-refractivity contribution in [1.29, 1.82) is 0 Å². The number of sulfonamides is 1. The summed E-state index contributed by atoms with van der Waals surface area (Å²) in [5.74, 6) is 3.25. The van der Waals surface area contributed by atoms with Crippen LogP contribution in [0.2, 0.25) is 5.02 Å². The van der Waals surface area contributed by atoms with Gasteiger partial charge in [-0.3, -0.25) is 14.5 Å².